The number of oxazole rings is 1. The number of aromatic nitrogens is 1. The van der Waals surface area contributed by atoms with E-state index in [1.807, 2.05) is 32.7 Å². The van der Waals surface area contributed by atoms with Gasteiger partial charge in [-0.25, -0.2) is 4.79 Å². The Morgan fingerprint density at radius 2 is 2.19 bits per heavy atom. The summed E-state index contributed by atoms with van der Waals surface area (Å²) < 4.78 is 11.2. The number of nitrogens with zero attached hydrogens (tertiary/aromatic N) is 4. The Morgan fingerprint density at radius 3 is 2.85 bits per heavy atom. The quantitative estimate of drug-likeness (QED) is 0.596. The van der Waals surface area contributed by atoms with Crippen LogP contribution in [0.3, 0.4) is 0 Å². The smallest absolute Gasteiger partial charge is 0.410 e. The lowest BCUT2D eigenvalue weighted by Crippen LogP contribution is -2.50. The molecule has 146 valence electrons. The average Bonchev–Trinajstić information content (AvgIpc) is 3.02. The zero-order valence-electron chi connectivity index (χ0n) is 16.0. The number of carbonyl (C=O) groups is 1. The van der Waals surface area contributed by atoms with E-state index < -0.39 is 10.5 Å². The van der Waals surface area contributed by atoms with Crippen molar-refractivity contribution in [1.29, 1.82) is 0 Å². The third-order valence-corrected chi connectivity index (χ3v) is 4.47. The molecule has 1 amide bonds. The number of likely N-dealkylation sites (tertiary alicyclic amines) is 1. The van der Waals surface area contributed by atoms with Crippen molar-refractivity contribution in [2.24, 2.45) is 0 Å². The van der Waals surface area contributed by atoms with Gasteiger partial charge >= 0.3 is 6.09 Å². The maximum atomic E-state index is 12.3. The maximum Gasteiger partial charge on any atom is 0.410 e. The maximum absolute atomic E-state index is 12.3. The number of non-ortho nitro benzene ring substituents is 1. The third-order valence-electron chi connectivity index (χ3n) is 4.47. The number of anilines is 1. The molecule has 0 spiro atoms. The Balaban J connectivity index is 1.74. The lowest BCUT2D eigenvalue weighted by molar-refractivity contribution is -0.384. The molecular formula is C18H24N4O5. The molecule has 1 unspecified atom stereocenters. The number of nitro groups is 1. The molecule has 0 aliphatic carbocycles. The molecule has 3 rings (SSSR count). The monoisotopic (exact) mass is 376 g/mol. The summed E-state index contributed by atoms with van der Waals surface area (Å²) in [5.74, 6) is 0. The van der Waals surface area contributed by atoms with Crippen LogP contribution in [0.4, 0.5) is 16.5 Å². The van der Waals surface area contributed by atoms with Gasteiger partial charge in [-0.05, 0) is 39.7 Å². The topological polar surface area (TPSA) is 102 Å². The van der Waals surface area contributed by atoms with Gasteiger partial charge in [0.2, 0.25) is 0 Å². The Hall–Kier alpha value is -2.84. The molecular weight excluding hydrogens is 352 g/mol. The minimum Gasteiger partial charge on any atom is -0.444 e. The number of fused-ring (bicyclic) bond motifs is 1. The van der Waals surface area contributed by atoms with Crippen LogP contribution in [0.1, 0.15) is 33.6 Å². The summed E-state index contributed by atoms with van der Waals surface area (Å²) >= 11 is 0. The Kier molecular flexibility index (Phi) is 4.95. The molecule has 9 heteroatoms. The minimum atomic E-state index is -0.537. The van der Waals surface area contributed by atoms with Crippen molar-refractivity contribution >= 4 is 28.9 Å². The molecule has 1 aliphatic rings. The summed E-state index contributed by atoms with van der Waals surface area (Å²) in [5.41, 5.74) is 0.358. The van der Waals surface area contributed by atoms with Crippen LogP contribution in [0.25, 0.3) is 11.1 Å². The van der Waals surface area contributed by atoms with Gasteiger partial charge in [-0.3, -0.25) is 10.1 Å². The molecule has 1 aromatic heterocycles. The number of hydrogen-bond acceptors (Lipinski definition) is 7. The predicted molar refractivity (Wildman–Crippen MR) is 99.9 cm³/mol. The summed E-state index contributed by atoms with van der Waals surface area (Å²) in [6.45, 7) is 6.69. The SMILES string of the molecule is CN(c1nc2cc([N+](=O)[O-])ccc2o1)C1CCCN(C(=O)OC(C)(C)C)C1. The average molecular weight is 376 g/mol. The van der Waals surface area contributed by atoms with Crippen LogP contribution in [0, 0.1) is 10.1 Å². The molecule has 1 atom stereocenters. The number of rotatable bonds is 3. The highest BCUT2D eigenvalue weighted by Gasteiger charge is 2.31. The van der Waals surface area contributed by atoms with Gasteiger partial charge in [0, 0.05) is 32.3 Å². The van der Waals surface area contributed by atoms with Crippen LogP contribution in [0.15, 0.2) is 22.6 Å². The zero-order chi connectivity index (χ0) is 19.8. The highest BCUT2D eigenvalue weighted by Crippen LogP contribution is 2.28. The molecule has 9 nitrogen and oxygen atoms in total. The number of amides is 1. The standard InChI is InChI=1S/C18H24N4O5/c1-18(2,3)27-17(23)21-9-5-6-13(11-21)20(4)16-19-14-10-12(22(24)25)7-8-15(14)26-16/h7-8,10,13H,5-6,9,11H2,1-4H3. The lowest BCUT2D eigenvalue weighted by atomic mass is 10.1. The molecule has 1 saturated heterocycles. The van der Waals surface area contributed by atoms with Crippen LogP contribution < -0.4 is 4.90 Å². The largest absolute Gasteiger partial charge is 0.444 e. The summed E-state index contributed by atoms with van der Waals surface area (Å²) in [7, 11) is 1.85. The highest BCUT2D eigenvalue weighted by atomic mass is 16.6. The van der Waals surface area contributed by atoms with Gasteiger partial charge in [-0.2, -0.15) is 4.98 Å². The first-order chi connectivity index (χ1) is 12.6. The predicted octanol–water partition coefficient (Wildman–Crippen LogP) is 3.57. The first-order valence-electron chi connectivity index (χ1n) is 8.90. The second-order valence-electron chi connectivity index (χ2n) is 7.74. The molecule has 2 aromatic rings. The molecule has 2 heterocycles. The van der Waals surface area contributed by atoms with Crippen LogP contribution >= 0.6 is 0 Å². The van der Waals surface area contributed by atoms with Crippen molar-refractivity contribution in [3.05, 3.63) is 28.3 Å². The van der Waals surface area contributed by atoms with Gasteiger partial charge in [0.1, 0.15) is 11.1 Å². The van der Waals surface area contributed by atoms with E-state index in [0.29, 0.717) is 30.2 Å². The van der Waals surface area contributed by atoms with Crippen molar-refractivity contribution in [3.8, 4) is 0 Å². The molecule has 1 aromatic carbocycles. The van der Waals surface area contributed by atoms with Gasteiger partial charge in [-0.15, -0.1) is 0 Å². The van der Waals surface area contributed by atoms with Gasteiger partial charge in [0.15, 0.2) is 5.58 Å². The number of ether oxygens (including phenoxy) is 1. The molecule has 0 radical (unpaired) electrons. The number of piperidine rings is 1. The molecule has 0 bridgehead atoms. The van der Waals surface area contributed by atoms with Crippen LogP contribution in [0.5, 0.6) is 0 Å². The van der Waals surface area contributed by atoms with E-state index in [-0.39, 0.29) is 17.8 Å². The van der Waals surface area contributed by atoms with Crippen LogP contribution in [-0.4, -0.2) is 52.7 Å². The van der Waals surface area contributed by atoms with E-state index in [9.17, 15) is 14.9 Å². The number of benzene rings is 1. The molecule has 1 fully saturated rings. The van der Waals surface area contributed by atoms with Gasteiger partial charge < -0.3 is 19.0 Å². The van der Waals surface area contributed by atoms with E-state index >= 15 is 0 Å². The molecule has 0 saturated carbocycles. The summed E-state index contributed by atoms with van der Waals surface area (Å²) in [6, 6.07) is 4.73. The van der Waals surface area contributed by atoms with Crippen molar-refractivity contribution < 1.29 is 18.9 Å². The van der Waals surface area contributed by atoms with E-state index in [1.165, 1.54) is 12.1 Å². The summed E-state index contributed by atoms with van der Waals surface area (Å²) in [4.78, 5) is 30.8. The second kappa shape index (κ2) is 7.05. The van der Waals surface area contributed by atoms with Gasteiger partial charge in [0.25, 0.3) is 11.7 Å². The highest BCUT2D eigenvalue weighted by molar-refractivity contribution is 5.77. The number of carbonyl (C=O) groups excluding carboxylic acids is 1. The first-order valence-corrected chi connectivity index (χ1v) is 8.90. The summed E-state index contributed by atoms with van der Waals surface area (Å²) in [6.07, 6.45) is 1.41. The van der Waals surface area contributed by atoms with Gasteiger partial charge in [-0.1, -0.05) is 0 Å². The Labute approximate surface area is 157 Å². The van der Waals surface area contributed by atoms with Crippen molar-refractivity contribution in [1.82, 2.24) is 9.88 Å². The normalized spacial score (nSPS) is 17.8. The fraction of sp³-hybridized carbons (Fsp3) is 0.556. The van der Waals surface area contributed by atoms with E-state index in [4.69, 9.17) is 9.15 Å². The second-order valence-corrected chi connectivity index (χ2v) is 7.74. The first kappa shape index (κ1) is 18.9. The van der Waals surface area contributed by atoms with E-state index in [2.05, 4.69) is 4.98 Å². The number of likely N-dealkylation sites (N-methyl/N-ethyl adjacent to an activating group) is 1. The van der Waals surface area contributed by atoms with Crippen LogP contribution in [-0.2, 0) is 4.74 Å². The van der Waals surface area contributed by atoms with E-state index in [1.54, 1.807) is 11.0 Å². The van der Waals surface area contributed by atoms with Crippen molar-refractivity contribution in [3.63, 3.8) is 0 Å². The molecule has 27 heavy (non-hydrogen) atoms. The third kappa shape index (κ3) is 4.29. The Morgan fingerprint density at radius 1 is 1.44 bits per heavy atom. The van der Waals surface area contributed by atoms with Crippen LogP contribution in [0.2, 0.25) is 0 Å². The fourth-order valence-corrected chi connectivity index (χ4v) is 3.09. The Bertz CT molecular complexity index is 857. The van der Waals surface area contributed by atoms with Crippen molar-refractivity contribution in [2.75, 3.05) is 25.0 Å². The fourth-order valence-electron chi connectivity index (χ4n) is 3.09. The van der Waals surface area contributed by atoms with Crippen molar-refractivity contribution in [2.45, 2.75) is 45.3 Å². The molecule has 0 N–H and O–H groups in total. The lowest BCUT2D eigenvalue weighted by Gasteiger charge is -2.37. The number of nitro benzene ring substituents is 1. The minimum absolute atomic E-state index is 0.0225. The molecule has 1 aliphatic heterocycles. The number of hydrogen-bond donors (Lipinski definition) is 0. The summed E-state index contributed by atoms with van der Waals surface area (Å²) in [5, 5.41) is 10.9. The van der Waals surface area contributed by atoms with E-state index in [0.717, 1.165) is 12.8 Å². The zero-order valence-corrected chi connectivity index (χ0v) is 16.0. The van der Waals surface area contributed by atoms with Gasteiger partial charge in [0.05, 0.1) is 11.0 Å².